The minimum atomic E-state index is -3.75. The quantitative estimate of drug-likeness (QED) is 0.779. The number of hydrogen-bond acceptors (Lipinski definition) is 5. The molecule has 0 bridgehead atoms. The van der Waals surface area contributed by atoms with E-state index < -0.39 is 10.0 Å². The van der Waals surface area contributed by atoms with E-state index >= 15 is 0 Å². The Bertz CT molecular complexity index is 461. The van der Waals surface area contributed by atoms with Crippen molar-refractivity contribution in [3.63, 3.8) is 0 Å². The van der Waals surface area contributed by atoms with E-state index in [9.17, 15) is 13.2 Å². The van der Waals surface area contributed by atoms with Gasteiger partial charge in [-0.05, 0) is 6.92 Å². The number of primary sulfonamides is 1. The first-order valence-electron chi connectivity index (χ1n) is 3.89. The molecule has 0 unspecified atom stereocenters. The van der Waals surface area contributed by atoms with E-state index in [1.54, 1.807) is 6.92 Å². The highest BCUT2D eigenvalue weighted by Crippen LogP contribution is 2.22. The van der Waals surface area contributed by atoms with Crippen LogP contribution in [-0.4, -0.2) is 19.2 Å². The number of Topliss-reactive ketones (excluding diaryl/α,β-unsaturated/α-hetero) is 1. The van der Waals surface area contributed by atoms with Gasteiger partial charge in [-0.2, -0.15) is 0 Å². The number of rotatable bonds is 3. The highest BCUT2D eigenvalue weighted by Gasteiger charge is 2.19. The molecule has 7 heteroatoms. The van der Waals surface area contributed by atoms with E-state index in [0.717, 1.165) is 11.3 Å². The molecule has 0 atom stereocenters. The molecule has 0 saturated heterocycles. The average molecular weight is 234 g/mol. The number of carbonyl (C=O) groups is 1. The summed E-state index contributed by atoms with van der Waals surface area (Å²) < 4.78 is 22.0. The number of aryl methyl sites for hydroxylation is 1. The van der Waals surface area contributed by atoms with Gasteiger partial charge in [0.05, 0.1) is 5.69 Å². The molecule has 78 valence electrons. The monoisotopic (exact) mass is 234 g/mol. The molecule has 5 nitrogen and oxygen atoms in total. The molecule has 0 spiro atoms. The van der Waals surface area contributed by atoms with Crippen LogP contribution in [-0.2, 0) is 10.0 Å². The molecular formula is C7H10N2O3S2. The third-order valence-electron chi connectivity index (χ3n) is 1.57. The van der Waals surface area contributed by atoms with E-state index in [0.29, 0.717) is 6.42 Å². The van der Waals surface area contributed by atoms with Crippen LogP contribution in [0.2, 0.25) is 0 Å². The van der Waals surface area contributed by atoms with Gasteiger partial charge < -0.3 is 0 Å². The minimum Gasteiger partial charge on any atom is -0.292 e. The lowest BCUT2D eigenvalue weighted by Gasteiger charge is -1.90. The van der Waals surface area contributed by atoms with Gasteiger partial charge in [0, 0.05) is 6.42 Å². The van der Waals surface area contributed by atoms with Crippen LogP contribution in [0, 0.1) is 6.92 Å². The number of thiazole rings is 1. The second-order valence-corrected chi connectivity index (χ2v) is 5.47. The van der Waals surface area contributed by atoms with Crippen LogP contribution in [0.25, 0.3) is 0 Å². The fraction of sp³-hybridized carbons (Fsp3) is 0.429. The zero-order valence-electron chi connectivity index (χ0n) is 7.77. The van der Waals surface area contributed by atoms with Crippen molar-refractivity contribution in [2.45, 2.75) is 24.5 Å². The van der Waals surface area contributed by atoms with Crippen molar-refractivity contribution in [2.75, 3.05) is 0 Å². The number of aromatic nitrogens is 1. The van der Waals surface area contributed by atoms with E-state index in [-0.39, 0.29) is 20.7 Å². The van der Waals surface area contributed by atoms with Crippen molar-refractivity contribution in [1.29, 1.82) is 0 Å². The predicted molar refractivity (Wildman–Crippen MR) is 52.8 cm³/mol. The fourth-order valence-electron chi connectivity index (χ4n) is 0.917. The van der Waals surface area contributed by atoms with Crippen molar-refractivity contribution < 1.29 is 13.2 Å². The van der Waals surface area contributed by atoms with Crippen LogP contribution in [0.3, 0.4) is 0 Å². The molecule has 1 aromatic heterocycles. The molecule has 2 N–H and O–H groups in total. The third kappa shape index (κ3) is 2.17. The first-order valence-corrected chi connectivity index (χ1v) is 6.26. The largest absolute Gasteiger partial charge is 0.292 e. The molecule has 0 fully saturated rings. The average Bonchev–Trinajstić information content (AvgIpc) is 2.45. The molecule has 0 aromatic carbocycles. The molecule has 0 aliphatic rings. The van der Waals surface area contributed by atoms with Gasteiger partial charge in [0.1, 0.15) is 0 Å². The molecule has 0 radical (unpaired) electrons. The molecule has 1 rings (SSSR count). The Balaban J connectivity index is 3.25. The Labute approximate surface area is 86.0 Å². The van der Waals surface area contributed by atoms with Gasteiger partial charge in [0.25, 0.3) is 0 Å². The van der Waals surface area contributed by atoms with Gasteiger partial charge in [0.15, 0.2) is 15.0 Å². The van der Waals surface area contributed by atoms with Gasteiger partial charge in [-0.1, -0.05) is 18.3 Å². The summed E-state index contributed by atoms with van der Waals surface area (Å²) >= 11 is 0.826. The number of nitrogens with two attached hydrogens (primary N) is 1. The van der Waals surface area contributed by atoms with Gasteiger partial charge in [-0.15, -0.1) is 0 Å². The molecule has 0 aliphatic heterocycles. The SMILES string of the molecule is CCC(=O)c1nc(C)c(S(N)(=O)=O)s1. The highest BCUT2D eigenvalue weighted by molar-refractivity contribution is 7.91. The van der Waals surface area contributed by atoms with Crippen LogP contribution < -0.4 is 5.14 Å². The van der Waals surface area contributed by atoms with Crippen molar-refractivity contribution in [2.24, 2.45) is 5.14 Å². The summed E-state index contributed by atoms with van der Waals surface area (Å²) in [4.78, 5) is 15.1. The van der Waals surface area contributed by atoms with Gasteiger partial charge in [0.2, 0.25) is 10.0 Å². The Morgan fingerprint density at radius 2 is 2.14 bits per heavy atom. The summed E-state index contributed by atoms with van der Waals surface area (Å²) in [5, 5.41) is 5.15. The van der Waals surface area contributed by atoms with Crippen LogP contribution >= 0.6 is 11.3 Å². The first kappa shape index (κ1) is 11.3. The molecule has 0 aliphatic carbocycles. The number of carbonyl (C=O) groups excluding carboxylic acids is 1. The Kier molecular flexibility index (Phi) is 3.03. The summed E-state index contributed by atoms with van der Waals surface area (Å²) in [6.45, 7) is 3.21. The van der Waals surface area contributed by atoms with Crippen molar-refractivity contribution in [3.8, 4) is 0 Å². The third-order valence-corrected chi connectivity index (χ3v) is 4.32. The summed E-state index contributed by atoms with van der Waals surface area (Å²) in [7, 11) is -3.75. The van der Waals surface area contributed by atoms with Crippen LogP contribution in [0.1, 0.15) is 28.8 Å². The van der Waals surface area contributed by atoms with E-state index in [1.165, 1.54) is 6.92 Å². The number of hydrogen-bond donors (Lipinski definition) is 1. The maximum absolute atomic E-state index is 11.2. The van der Waals surface area contributed by atoms with Crippen LogP contribution in [0.4, 0.5) is 0 Å². The second-order valence-electron chi connectivity index (χ2n) is 2.71. The molecule has 1 heterocycles. The van der Waals surface area contributed by atoms with Crippen LogP contribution in [0.5, 0.6) is 0 Å². The van der Waals surface area contributed by atoms with Gasteiger partial charge >= 0.3 is 0 Å². The topological polar surface area (TPSA) is 90.1 Å². The second kappa shape index (κ2) is 3.76. The normalized spacial score (nSPS) is 11.6. The molecule has 0 amide bonds. The summed E-state index contributed by atoms with van der Waals surface area (Å²) in [6, 6.07) is 0. The zero-order chi connectivity index (χ0) is 10.9. The first-order chi connectivity index (χ1) is 6.36. The summed E-state index contributed by atoms with van der Waals surface area (Å²) in [5.41, 5.74) is 0.286. The van der Waals surface area contributed by atoms with Gasteiger partial charge in [-0.25, -0.2) is 18.5 Å². The molecular weight excluding hydrogens is 224 g/mol. The van der Waals surface area contributed by atoms with E-state index in [1.807, 2.05) is 0 Å². The number of sulfonamides is 1. The molecule has 1 aromatic rings. The predicted octanol–water partition coefficient (Wildman–Crippen LogP) is 0.692. The van der Waals surface area contributed by atoms with E-state index in [4.69, 9.17) is 5.14 Å². The van der Waals surface area contributed by atoms with Gasteiger partial charge in [-0.3, -0.25) is 4.79 Å². The lowest BCUT2D eigenvalue weighted by molar-refractivity contribution is 0.0987. The van der Waals surface area contributed by atoms with Crippen molar-refractivity contribution in [3.05, 3.63) is 10.7 Å². The standard InChI is InChI=1S/C7H10N2O3S2/c1-3-5(10)6-9-4(2)7(13-6)14(8,11)12/h3H2,1-2H3,(H2,8,11,12). The Morgan fingerprint density at radius 3 is 2.50 bits per heavy atom. The lowest BCUT2D eigenvalue weighted by atomic mass is 10.3. The van der Waals surface area contributed by atoms with E-state index in [2.05, 4.69) is 4.98 Å². The zero-order valence-corrected chi connectivity index (χ0v) is 9.41. The summed E-state index contributed by atoms with van der Waals surface area (Å²) in [6.07, 6.45) is 0.303. The Morgan fingerprint density at radius 1 is 1.57 bits per heavy atom. The van der Waals surface area contributed by atoms with Crippen molar-refractivity contribution in [1.82, 2.24) is 4.98 Å². The fourth-order valence-corrected chi connectivity index (χ4v) is 2.89. The number of nitrogens with zero attached hydrogens (tertiary/aromatic N) is 1. The van der Waals surface area contributed by atoms with Crippen LogP contribution in [0.15, 0.2) is 4.21 Å². The molecule has 14 heavy (non-hydrogen) atoms. The highest BCUT2D eigenvalue weighted by atomic mass is 32.2. The Hall–Kier alpha value is -0.790. The maximum atomic E-state index is 11.2. The minimum absolute atomic E-state index is 0.0331. The lowest BCUT2D eigenvalue weighted by Crippen LogP contribution is -2.11. The summed E-state index contributed by atoms with van der Waals surface area (Å²) in [5.74, 6) is -0.173. The smallest absolute Gasteiger partial charge is 0.249 e. The maximum Gasteiger partial charge on any atom is 0.249 e. The molecule has 0 saturated carbocycles. The number of ketones is 1. The van der Waals surface area contributed by atoms with Crippen molar-refractivity contribution >= 4 is 27.1 Å².